The van der Waals surface area contributed by atoms with Gasteiger partial charge in [-0.25, -0.2) is 4.79 Å². The van der Waals surface area contributed by atoms with Crippen LogP contribution >= 0.6 is 11.6 Å². The molecule has 140 valence electrons. The Morgan fingerprint density at radius 3 is 2.46 bits per heavy atom. The molecule has 2 aromatic rings. The fraction of sp³-hybridized carbons (Fsp3) is 0.632. The lowest BCUT2D eigenvalue weighted by Crippen LogP contribution is -2.41. The van der Waals surface area contributed by atoms with Gasteiger partial charge in [0.15, 0.2) is 5.15 Å². The Balaban J connectivity index is 1.53. The lowest BCUT2D eigenvalue weighted by molar-refractivity contribution is 0.0203. The van der Waals surface area contributed by atoms with Gasteiger partial charge >= 0.3 is 6.09 Å². The molecule has 0 atom stereocenters. The number of piperidine rings is 1. The number of nitrogens with zero attached hydrogens (tertiary/aromatic N) is 4. The average Bonchev–Trinajstić information content (AvgIpc) is 3.34. The van der Waals surface area contributed by atoms with Gasteiger partial charge in [0.1, 0.15) is 11.1 Å². The molecule has 0 aromatic carbocycles. The van der Waals surface area contributed by atoms with E-state index >= 15 is 0 Å². The molecule has 0 radical (unpaired) electrons. The number of fused-ring (bicyclic) bond motifs is 1. The molecule has 1 saturated heterocycles. The first kappa shape index (κ1) is 17.6. The Morgan fingerprint density at radius 2 is 1.85 bits per heavy atom. The third-order valence-corrected chi connectivity index (χ3v) is 5.26. The molecule has 1 saturated carbocycles. The maximum absolute atomic E-state index is 12.3. The second-order valence-corrected chi connectivity index (χ2v) is 8.74. The van der Waals surface area contributed by atoms with Crippen molar-refractivity contribution in [3.8, 4) is 0 Å². The fourth-order valence-corrected chi connectivity index (χ4v) is 3.89. The normalized spacial score (nSPS) is 19.2. The van der Waals surface area contributed by atoms with E-state index in [1.54, 1.807) is 0 Å². The number of carbonyl (C=O) groups is 1. The summed E-state index contributed by atoms with van der Waals surface area (Å²) >= 11 is 6.07. The van der Waals surface area contributed by atoms with E-state index in [9.17, 15) is 4.79 Å². The van der Waals surface area contributed by atoms with Crippen molar-refractivity contribution in [2.75, 3.05) is 13.1 Å². The summed E-state index contributed by atoms with van der Waals surface area (Å²) in [5.74, 6) is 0.419. The monoisotopic (exact) mass is 376 g/mol. The second-order valence-electron chi connectivity index (χ2n) is 8.35. The molecule has 0 spiro atoms. The molecule has 2 aromatic heterocycles. The highest BCUT2D eigenvalue weighted by Crippen LogP contribution is 2.43. The molecule has 2 aliphatic rings. The molecule has 7 heteroatoms. The zero-order valence-corrected chi connectivity index (χ0v) is 16.3. The third kappa shape index (κ3) is 3.52. The number of carbonyl (C=O) groups excluding carboxylic acids is 1. The molecule has 26 heavy (non-hydrogen) atoms. The van der Waals surface area contributed by atoms with Gasteiger partial charge in [-0.1, -0.05) is 11.6 Å². The lowest BCUT2D eigenvalue weighted by atomic mass is 9.93. The first-order valence-corrected chi connectivity index (χ1v) is 9.71. The number of hydrogen-bond acceptors (Lipinski definition) is 4. The summed E-state index contributed by atoms with van der Waals surface area (Å²) < 4.78 is 7.91. The molecule has 1 amide bonds. The molecule has 0 unspecified atom stereocenters. The van der Waals surface area contributed by atoms with Crippen molar-refractivity contribution in [1.29, 1.82) is 0 Å². The van der Waals surface area contributed by atoms with Crippen molar-refractivity contribution in [2.24, 2.45) is 0 Å². The highest BCUT2D eigenvalue weighted by atomic mass is 35.5. The van der Waals surface area contributed by atoms with E-state index in [-0.39, 0.29) is 6.09 Å². The Kier molecular flexibility index (Phi) is 4.34. The molecule has 6 nitrogen and oxygen atoms in total. The summed E-state index contributed by atoms with van der Waals surface area (Å²) in [7, 11) is 0. The van der Waals surface area contributed by atoms with Gasteiger partial charge in [0.05, 0.1) is 5.52 Å². The second kappa shape index (κ2) is 6.41. The minimum Gasteiger partial charge on any atom is -0.444 e. The Morgan fingerprint density at radius 1 is 1.15 bits per heavy atom. The van der Waals surface area contributed by atoms with Crippen LogP contribution in [0.25, 0.3) is 11.0 Å². The van der Waals surface area contributed by atoms with Crippen molar-refractivity contribution in [1.82, 2.24) is 19.7 Å². The van der Waals surface area contributed by atoms with E-state index in [0.29, 0.717) is 17.1 Å². The summed E-state index contributed by atoms with van der Waals surface area (Å²) in [4.78, 5) is 14.1. The van der Waals surface area contributed by atoms with Crippen molar-refractivity contribution in [2.45, 2.75) is 64.0 Å². The highest BCUT2D eigenvalue weighted by Gasteiger charge is 2.33. The third-order valence-electron chi connectivity index (χ3n) is 5.07. The highest BCUT2D eigenvalue weighted by molar-refractivity contribution is 6.29. The quantitative estimate of drug-likeness (QED) is 0.772. The van der Waals surface area contributed by atoms with E-state index in [1.165, 1.54) is 18.5 Å². The molecule has 3 heterocycles. The molecule has 2 fully saturated rings. The van der Waals surface area contributed by atoms with Crippen molar-refractivity contribution >= 4 is 28.7 Å². The van der Waals surface area contributed by atoms with E-state index in [2.05, 4.69) is 20.8 Å². The molecule has 1 aliphatic heterocycles. The van der Waals surface area contributed by atoms with Crippen LogP contribution in [0, 0.1) is 0 Å². The summed E-state index contributed by atoms with van der Waals surface area (Å²) in [6.45, 7) is 7.14. The van der Waals surface area contributed by atoms with Crippen LogP contribution in [0.1, 0.15) is 64.1 Å². The zero-order valence-electron chi connectivity index (χ0n) is 15.5. The van der Waals surface area contributed by atoms with Crippen molar-refractivity contribution in [3.63, 3.8) is 0 Å². The molecule has 1 aliphatic carbocycles. The van der Waals surface area contributed by atoms with Gasteiger partial charge < -0.3 is 14.2 Å². The van der Waals surface area contributed by atoms with Crippen LogP contribution < -0.4 is 0 Å². The zero-order chi connectivity index (χ0) is 18.5. The minimum atomic E-state index is -0.454. The van der Waals surface area contributed by atoms with E-state index < -0.39 is 5.60 Å². The van der Waals surface area contributed by atoms with Crippen LogP contribution in [0.5, 0.6) is 0 Å². The predicted octanol–water partition coefficient (Wildman–Crippen LogP) is 4.53. The number of rotatable bonds is 2. The molecular formula is C19H25ClN4O2. The maximum Gasteiger partial charge on any atom is 0.410 e. The van der Waals surface area contributed by atoms with Gasteiger partial charge in [-0.3, -0.25) is 0 Å². The van der Waals surface area contributed by atoms with Gasteiger partial charge in [0.25, 0.3) is 0 Å². The largest absolute Gasteiger partial charge is 0.444 e. The number of halogens is 1. The van der Waals surface area contributed by atoms with E-state index in [4.69, 9.17) is 16.3 Å². The Hall–Kier alpha value is -1.82. The van der Waals surface area contributed by atoms with Gasteiger partial charge in [-0.2, -0.15) is 0 Å². The maximum atomic E-state index is 12.3. The Bertz CT molecular complexity index is 830. The van der Waals surface area contributed by atoms with Crippen LogP contribution in [0.3, 0.4) is 0 Å². The smallest absolute Gasteiger partial charge is 0.410 e. The summed E-state index contributed by atoms with van der Waals surface area (Å²) in [5.41, 5.74) is 2.84. The number of hydrogen-bond donors (Lipinski definition) is 0. The van der Waals surface area contributed by atoms with E-state index in [1.807, 2.05) is 31.7 Å². The summed E-state index contributed by atoms with van der Waals surface area (Å²) in [6, 6.07) is 4.62. The first-order valence-electron chi connectivity index (χ1n) is 9.34. The number of likely N-dealkylation sites (tertiary alicyclic amines) is 1. The van der Waals surface area contributed by atoms with Crippen LogP contribution in [0.4, 0.5) is 4.79 Å². The molecule has 0 bridgehead atoms. The molecule has 4 rings (SSSR count). The van der Waals surface area contributed by atoms with Gasteiger partial charge in [-0.05, 0) is 52.5 Å². The summed E-state index contributed by atoms with van der Waals surface area (Å²) in [6.07, 6.45) is 4.06. The van der Waals surface area contributed by atoms with Crippen LogP contribution in [-0.4, -0.2) is 44.4 Å². The predicted molar refractivity (Wildman–Crippen MR) is 101 cm³/mol. The lowest BCUT2D eigenvalue weighted by Gasteiger charge is -2.34. The topological polar surface area (TPSA) is 60.2 Å². The van der Waals surface area contributed by atoms with Gasteiger partial charge in [0.2, 0.25) is 0 Å². The van der Waals surface area contributed by atoms with E-state index in [0.717, 1.165) is 37.0 Å². The number of ether oxygens (including phenoxy) is 1. The fourth-order valence-electron chi connectivity index (χ4n) is 3.75. The molecule has 0 N–H and O–H groups in total. The average molecular weight is 377 g/mol. The molecular weight excluding hydrogens is 352 g/mol. The SMILES string of the molecule is CC(C)(C)OC(=O)N1CCC(c2cc3nnc(Cl)cc3n2C2CC2)CC1. The number of amides is 1. The van der Waals surface area contributed by atoms with Gasteiger partial charge in [0, 0.05) is 36.8 Å². The van der Waals surface area contributed by atoms with Crippen LogP contribution in [0.2, 0.25) is 5.15 Å². The first-order chi connectivity index (χ1) is 12.3. The summed E-state index contributed by atoms with van der Waals surface area (Å²) in [5, 5.41) is 8.69. The van der Waals surface area contributed by atoms with Crippen molar-refractivity contribution < 1.29 is 9.53 Å². The standard InChI is InChI=1S/C19H25ClN4O2/c1-19(2,3)26-18(25)23-8-6-12(7-9-23)15-10-14-16(11-17(20)22-21-14)24(15)13-4-5-13/h10-13H,4-9H2,1-3H3. The Labute approximate surface area is 158 Å². The number of aromatic nitrogens is 3. The van der Waals surface area contributed by atoms with Gasteiger partial charge in [-0.15, -0.1) is 10.2 Å². The van der Waals surface area contributed by atoms with Crippen LogP contribution in [-0.2, 0) is 4.74 Å². The minimum absolute atomic E-state index is 0.212. The van der Waals surface area contributed by atoms with Crippen LogP contribution in [0.15, 0.2) is 12.1 Å². The van der Waals surface area contributed by atoms with Crippen molar-refractivity contribution in [3.05, 3.63) is 23.0 Å².